The van der Waals surface area contributed by atoms with Crippen molar-refractivity contribution in [2.45, 2.75) is 50.7 Å². The Bertz CT molecular complexity index is 1090. The Kier molecular flexibility index (Phi) is 7.67. The van der Waals surface area contributed by atoms with Gasteiger partial charge in [0, 0.05) is 36.4 Å². The quantitative estimate of drug-likeness (QED) is 0.618. The third-order valence-corrected chi connectivity index (χ3v) is 7.18. The number of nitrogens with zero attached hydrogens (tertiary/aromatic N) is 2. The number of rotatable bonds is 6. The third-order valence-electron chi connectivity index (χ3n) is 5.97. The van der Waals surface area contributed by atoms with Crippen molar-refractivity contribution in [2.24, 2.45) is 4.99 Å². The van der Waals surface area contributed by atoms with Crippen LogP contribution >= 0.6 is 11.8 Å². The molecule has 2 aliphatic heterocycles. The molecule has 2 aliphatic rings. The summed E-state index contributed by atoms with van der Waals surface area (Å²) in [6.07, 6.45) is 3.46. The molecule has 0 saturated carbocycles. The summed E-state index contributed by atoms with van der Waals surface area (Å²) >= 11 is 1.38. The fourth-order valence-electron chi connectivity index (χ4n) is 4.00. The highest BCUT2D eigenvalue weighted by molar-refractivity contribution is 8.15. The molecule has 0 radical (unpaired) electrons. The van der Waals surface area contributed by atoms with Crippen LogP contribution in [0.25, 0.3) is 0 Å². The first-order chi connectivity index (χ1) is 16.4. The van der Waals surface area contributed by atoms with E-state index >= 15 is 0 Å². The van der Waals surface area contributed by atoms with Gasteiger partial charge in [0.25, 0.3) is 11.8 Å². The molecular formula is C26H30N4O3S. The first-order valence-electron chi connectivity index (χ1n) is 11.7. The van der Waals surface area contributed by atoms with Crippen LogP contribution in [0.5, 0.6) is 0 Å². The molecule has 1 unspecified atom stereocenters. The van der Waals surface area contributed by atoms with Gasteiger partial charge in [0.15, 0.2) is 5.17 Å². The van der Waals surface area contributed by atoms with Crippen LogP contribution in [0.3, 0.4) is 0 Å². The zero-order valence-electron chi connectivity index (χ0n) is 19.5. The van der Waals surface area contributed by atoms with E-state index in [1.807, 2.05) is 24.3 Å². The molecule has 3 amide bonds. The molecular weight excluding hydrogens is 448 g/mol. The molecule has 34 heavy (non-hydrogen) atoms. The number of hydrogen-bond donors (Lipinski definition) is 2. The first kappa shape index (κ1) is 24.0. The van der Waals surface area contributed by atoms with E-state index in [-0.39, 0.29) is 24.1 Å². The van der Waals surface area contributed by atoms with E-state index in [9.17, 15) is 14.4 Å². The number of thioether (sulfide) groups is 1. The highest BCUT2D eigenvalue weighted by atomic mass is 32.2. The highest BCUT2D eigenvalue weighted by Gasteiger charge is 2.33. The molecule has 8 heteroatoms. The predicted molar refractivity (Wildman–Crippen MR) is 137 cm³/mol. The third kappa shape index (κ3) is 6.05. The number of hydrogen-bond acceptors (Lipinski definition) is 5. The van der Waals surface area contributed by atoms with Gasteiger partial charge in [-0.05, 0) is 61.1 Å². The van der Waals surface area contributed by atoms with Crippen LogP contribution in [-0.2, 0) is 9.59 Å². The average molecular weight is 479 g/mol. The Hall–Kier alpha value is -3.13. The maximum Gasteiger partial charge on any atom is 0.262 e. The minimum atomic E-state index is -0.503. The largest absolute Gasteiger partial charge is 0.351 e. The average Bonchev–Trinajstić information content (AvgIpc) is 3.20. The summed E-state index contributed by atoms with van der Waals surface area (Å²) in [6, 6.07) is 14.5. The number of benzene rings is 2. The number of amidine groups is 1. The number of carbonyl (C=O) groups excluding carboxylic acids is 3. The van der Waals surface area contributed by atoms with Crippen LogP contribution in [0, 0.1) is 0 Å². The number of carbonyl (C=O) groups is 3. The first-order valence-corrected chi connectivity index (χ1v) is 12.6. The lowest BCUT2D eigenvalue weighted by Crippen LogP contribution is -2.33. The molecule has 2 heterocycles. The molecule has 0 bridgehead atoms. The minimum absolute atomic E-state index is 0.0446. The number of likely N-dealkylation sites (tertiary alicyclic amines) is 1. The van der Waals surface area contributed by atoms with E-state index in [1.165, 1.54) is 23.7 Å². The Morgan fingerprint density at radius 2 is 1.76 bits per heavy atom. The predicted octanol–water partition coefficient (Wildman–Crippen LogP) is 4.87. The number of amides is 3. The van der Waals surface area contributed by atoms with Crippen LogP contribution in [0.1, 0.15) is 61.4 Å². The van der Waals surface area contributed by atoms with Gasteiger partial charge in [-0.25, -0.2) is 0 Å². The van der Waals surface area contributed by atoms with Crippen LogP contribution in [0.2, 0.25) is 0 Å². The molecule has 2 aromatic rings. The van der Waals surface area contributed by atoms with Crippen LogP contribution in [0.4, 0.5) is 11.4 Å². The molecule has 2 aromatic carbocycles. The molecule has 0 spiro atoms. The fraction of sp³-hybridized carbons (Fsp3) is 0.385. The normalized spacial score (nSPS) is 18.1. The summed E-state index contributed by atoms with van der Waals surface area (Å²) in [6.45, 7) is 6.06. The molecule has 1 fully saturated rings. The lowest BCUT2D eigenvalue weighted by molar-refractivity contribution is -0.121. The maximum absolute atomic E-state index is 12.7. The zero-order valence-corrected chi connectivity index (χ0v) is 20.4. The molecule has 0 aliphatic carbocycles. The van der Waals surface area contributed by atoms with Crippen molar-refractivity contribution in [3.63, 3.8) is 0 Å². The minimum Gasteiger partial charge on any atom is -0.351 e. The lowest BCUT2D eigenvalue weighted by Gasteiger charge is -2.27. The van der Waals surface area contributed by atoms with Crippen molar-refractivity contribution >= 4 is 46.0 Å². The standard InChI is InChI=1S/C26H30N4O3S/c1-17(2)18-9-11-20(12-10-18)28-24(32)19-7-6-8-21(15-19)27-23(31)16-22-25(33)29-26(34-22)30-13-4-3-5-14-30/h6-12,15,17,22H,3-5,13-14,16H2,1-2H3,(H,27,31)(H,28,32). The number of aliphatic imine (C=N–C) groups is 1. The number of nitrogens with one attached hydrogen (secondary N) is 2. The number of anilines is 2. The summed E-state index contributed by atoms with van der Waals surface area (Å²) in [5, 5.41) is 5.94. The van der Waals surface area contributed by atoms with Gasteiger partial charge in [0.05, 0.1) is 0 Å². The zero-order chi connectivity index (χ0) is 24.1. The van der Waals surface area contributed by atoms with Crippen LogP contribution in [-0.4, -0.2) is 46.1 Å². The van der Waals surface area contributed by atoms with E-state index in [2.05, 4.69) is 34.4 Å². The van der Waals surface area contributed by atoms with E-state index in [0.717, 1.165) is 31.1 Å². The van der Waals surface area contributed by atoms with E-state index in [4.69, 9.17) is 0 Å². The van der Waals surface area contributed by atoms with Crippen molar-refractivity contribution in [1.29, 1.82) is 0 Å². The Balaban J connectivity index is 1.31. The fourth-order valence-corrected chi connectivity index (χ4v) is 5.12. The van der Waals surface area contributed by atoms with Crippen molar-refractivity contribution in [3.05, 3.63) is 59.7 Å². The van der Waals surface area contributed by atoms with Gasteiger partial charge >= 0.3 is 0 Å². The summed E-state index contributed by atoms with van der Waals surface area (Å²) in [5.41, 5.74) is 2.87. The van der Waals surface area contributed by atoms with Crippen LogP contribution < -0.4 is 10.6 Å². The Labute approximate surface area is 204 Å². The van der Waals surface area contributed by atoms with Crippen molar-refractivity contribution < 1.29 is 14.4 Å². The molecule has 4 rings (SSSR count). The number of piperidine rings is 1. The van der Waals surface area contributed by atoms with Gasteiger partial charge in [-0.1, -0.05) is 43.8 Å². The Morgan fingerprint density at radius 1 is 1.03 bits per heavy atom. The summed E-state index contributed by atoms with van der Waals surface area (Å²) < 4.78 is 0. The molecule has 178 valence electrons. The molecule has 0 aromatic heterocycles. The second-order valence-electron chi connectivity index (χ2n) is 8.95. The van der Waals surface area contributed by atoms with Gasteiger partial charge in [-0.3, -0.25) is 14.4 Å². The summed E-state index contributed by atoms with van der Waals surface area (Å²) in [4.78, 5) is 43.9. The van der Waals surface area contributed by atoms with E-state index < -0.39 is 5.25 Å². The molecule has 2 N–H and O–H groups in total. The van der Waals surface area contributed by atoms with Gasteiger partial charge < -0.3 is 15.5 Å². The lowest BCUT2D eigenvalue weighted by atomic mass is 10.0. The summed E-state index contributed by atoms with van der Waals surface area (Å²) in [7, 11) is 0. The van der Waals surface area contributed by atoms with Crippen molar-refractivity contribution in [3.8, 4) is 0 Å². The van der Waals surface area contributed by atoms with Gasteiger partial charge in [-0.2, -0.15) is 4.99 Å². The van der Waals surface area contributed by atoms with Crippen molar-refractivity contribution in [1.82, 2.24) is 4.90 Å². The SMILES string of the molecule is CC(C)c1ccc(NC(=O)c2cccc(NC(=O)CC3SC(N4CCCCC4)=NC3=O)c2)cc1. The van der Waals surface area contributed by atoms with E-state index in [0.29, 0.717) is 22.9 Å². The second-order valence-corrected chi connectivity index (χ2v) is 10.1. The van der Waals surface area contributed by atoms with Crippen LogP contribution in [0.15, 0.2) is 53.5 Å². The maximum atomic E-state index is 12.7. The van der Waals surface area contributed by atoms with Gasteiger partial charge in [-0.15, -0.1) is 0 Å². The van der Waals surface area contributed by atoms with Gasteiger partial charge in [0.2, 0.25) is 5.91 Å². The highest BCUT2D eigenvalue weighted by Crippen LogP contribution is 2.29. The molecule has 7 nitrogen and oxygen atoms in total. The second kappa shape index (κ2) is 10.9. The monoisotopic (exact) mass is 478 g/mol. The van der Waals surface area contributed by atoms with E-state index in [1.54, 1.807) is 24.3 Å². The smallest absolute Gasteiger partial charge is 0.262 e. The van der Waals surface area contributed by atoms with Crippen molar-refractivity contribution in [2.75, 3.05) is 23.7 Å². The van der Waals surface area contributed by atoms with Gasteiger partial charge in [0.1, 0.15) is 5.25 Å². The summed E-state index contributed by atoms with van der Waals surface area (Å²) in [5.74, 6) is -0.361. The Morgan fingerprint density at radius 3 is 2.47 bits per heavy atom. The topological polar surface area (TPSA) is 90.9 Å². The molecule has 1 atom stereocenters. The molecule has 1 saturated heterocycles.